The Morgan fingerprint density at radius 2 is 0.306 bits per heavy atom. The van der Waals surface area contributed by atoms with E-state index in [0.29, 0.717) is 34.5 Å². The first kappa shape index (κ1) is 33.3. The summed E-state index contributed by atoms with van der Waals surface area (Å²) in [5.74, 6) is 3.69. The molecule has 0 aliphatic heterocycles. The lowest BCUT2D eigenvalue weighted by Gasteiger charge is -2.37. The molecule has 0 N–H and O–H groups in total. The third-order valence-corrected chi connectivity index (χ3v) is 8.59. The van der Waals surface area contributed by atoms with Crippen LogP contribution < -0.4 is 26.6 Å². The van der Waals surface area contributed by atoms with Crippen LogP contribution >= 0.6 is 0 Å². The molecule has 0 heterocycles. The maximum absolute atomic E-state index is 6.81. The summed E-state index contributed by atoms with van der Waals surface area (Å²) in [4.78, 5) is 0. The van der Waals surface area contributed by atoms with Crippen molar-refractivity contribution in [3.8, 4) is 34.5 Å². The summed E-state index contributed by atoms with van der Waals surface area (Å²) >= 11 is 0. The molecule has 0 spiro atoms. The van der Waals surface area contributed by atoms with Crippen LogP contribution in [0, 0.1) is 0 Å². The highest BCUT2D eigenvalue weighted by atomic mass is 28.4. The molecule has 0 aliphatic carbocycles. The highest BCUT2D eigenvalue weighted by molar-refractivity contribution is 6.73. The minimum absolute atomic E-state index is 0.614. The third-order valence-electron chi connectivity index (χ3n) is 3.69. The first-order valence-corrected chi connectivity index (χ1v) is 33.4. The van der Waals surface area contributed by atoms with Crippen LogP contribution in [0.3, 0.4) is 0 Å². The topological polar surface area (TPSA) is 55.4 Å². The van der Waals surface area contributed by atoms with Crippen LogP contribution in [0.1, 0.15) is 0 Å². The Morgan fingerprint density at radius 1 is 0.222 bits per heavy atom. The fraction of sp³-hybridized carbons (Fsp3) is 0.750. The van der Waals surface area contributed by atoms with Crippen LogP contribution in [0.25, 0.3) is 0 Å². The predicted octanol–water partition coefficient (Wildman–Crippen LogP) is 8.97. The Hall–Kier alpha value is -0.679. The number of hydrogen-bond acceptors (Lipinski definition) is 6. The molecule has 0 atom stereocenters. The molecule has 12 heteroatoms. The summed E-state index contributed by atoms with van der Waals surface area (Å²) in [5, 5.41) is 0. The summed E-state index contributed by atoms with van der Waals surface area (Å²) in [6.07, 6.45) is 0. The Balaban J connectivity index is 4.45. The first-order chi connectivity index (χ1) is 15.6. The molecule has 1 aromatic rings. The average molecular weight is 607 g/mol. The molecule has 0 radical (unpaired) electrons. The fourth-order valence-electron chi connectivity index (χ4n) is 3.01. The summed E-state index contributed by atoms with van der Waals surface area (Å²) in [6.45, 7) is 39.1. The second-order valence-electron chi connectivity index (χ2n) is 15.3. The molecule has 0 unspecified atom stereocenters. The van der Waals surface area contributed by atoms with Crippen LogP contribution in [0.5, 0.6) is 34.5 Å². The van der Waals surface area contributed by atoms with Gasteiger partial charge in [0.2, 0.25) is 49.9 Å². The minimum Gasteiger partial charge on any atom is -0.539 e. The van der Waals surface area contributed by atoms with Crippen molar-refractivity contribution in [3.05, 3.63) is 0 Å². The SMILES string of the molecule is C[Si](C)(C)Oc1c(O[Si](C)(C)C)c(O[Si](C)(C)C)c(O[Si](C)(C)C)c(O[Si](C)(C)C)c1O[Si](C)(C)C. The van der Waals surface area contributed by atoms with Gasteiger partial charge in [-0.25, -0.2) is 0 Å². The van der Waals surface area contributed by atoms with Crippen molar-refractivity contribution >= 4 is 49.9 Å². The second kappa shape index (κ2) is 10.8. The third kappa shape index (κ3) is 12.2. The van der Waals surface area contributed by atoms with Gasteiger partial charge in [-0.05, 0) is 118 Å². The predicted molar refractivity (Wildman–Crippen MR) is 170 cm³/mol. The van der Waals surface area contributed by atoms with Crippen molar-refractivity contribution < 1.29 is 26.6 Å². The Morgan fingerprint density at radius 3 is 0.361 bits per heavy atom. The molecule has 0 bridgehead atoms. The van der Waals surface area contributed by atoms with E-state index >= 15 is 0 Å². The van der Waals surface area contributed by atoms with Crippen molar-refractivity contribution in [1.82, 2.24) is 0 Å². The molecule has 36 heavy (non-hydrogen) atoms. The molecule has 0 aromatic heterocycles. The Labute approximate surface area is 228 Å². The van der Waals surface area contributed by atoms with Gasteiger partial charge < -0.3 is 26.6 Å². The van der Waals surface area contributed by atoms with Gasteiger partial charge in [0.15, 0.2) is 34.5 Å². The van der Waals surface area contributed by atoms with Gasteiger partial charge in [0.05, 0.1) is 0 Å². The molecule has 0 aliphatic rings. The van der Waals surface area contributed by atoms with E-state index in [0.717, 1.165) is 0 Å². The lowest BCUT2D eigenvalue weighted by molar-refractivity contribution is 0.390. The van der Waals surface area contributed by atoms with Crippen LogP contribution in [-0.4, -0.2) is 49.9 Å². The van der Waals surface area contributed by atoms with Crippen molar-refractivity contribution in [3.63, 3.8) is 0 Å². The summed E-state index contributed by atoms with van der Waals surface area (Å²) in [5.41, 5.74) is 0. The zero-order chi connectivity index (χ0) is 28.7. The van der Waals surface area contributed by atoms with Crippen molar-refractivity contribution in [2.24, 2.45) is 0 Å². The largest absolute Gasteiger partial charge is 0.539 e. The van der Waals surface area contributed by atoms with Gasteiger partial charge in [0.25, 0.3) is 0 Å². The van der Waals surface area contributed by atoms with Crippen LogP contribution in [-0.2, 0) is 0 Å². The van der Waals surface area contributed by atoms with E-state index in [-0.39, 0.29) is 0 Å². The van der Waals surface area contributed by atoms with E-state index < -0.39 is 49.9 Å². The number of rotatable bonds is 12. The monoisotopic (exact) mass is 606 g/mol. The summed E-state index contributed by atoms with van der Waals surface area (Å²) in [6, 6.07) is 0. The molecule has 210 valence electrons. The van der Waals surface area contributed by atoms with Gasteiger partial charge >= 0.3 is 0 Å². The van der Waals surface area contributed by atoms with E-state index in [1.807, 2.05) is 0 Å². The van der Waals surface area contributed by atoms with E-state index in [2.05, 4.69) is 118 Å². The van der Waals surface area contributed by atoms with E-state index in [4.69, 9.17) is 26.6 Å². The van der Waals surface area contributed by atoms with Crippen LogP contribution in [0.4, 0.5) is 0 Å². The highest BCUT2D eigenvalue weighted by Gasteiger charge is 2.41. The second-order valence-corrected chi connectivity index (χ2v) is 41.8. The summed E-state index contributed by atoms with van der Waals surface area (Å²) in [7, 11) is -12.5. The Bertz CT molecular complexity index is 697. The van der Waals surface area contributed by atoms with Crippen molar-refractivity contribution in [2.45, 2.75) is 118 Å². The lowest BCUT2D eigenvalue weighted by atomic mass is 10.2. The van der Waals surface area contributed by atoms with Gasteiger partial charge in [0.1, 0.15) is 0 Å². The van der Waals surface area contributed by atoms with E-state index in [1.165, 1.54) is 0 Å². The molecular weight excluding hydrogens is 553 g/mol. The molecule has 1 rings (SSSR count). The number of benzene rings is 1. The molecule has 0 saturated heterocycles. The van der Waals surface area contributed by atoms with Crippen molar-refractivity contribution in [1.29, 1.82) is 0 Å². The van der Waals surface area contributed by atoms with E-state index in [9.17, 15) is 0 Å². The number of hydrogen-bond donors (Lipinski definition) is 0. The molecule has 6 nitrogen and oxygen atoms in total. The Kier molecular flexibility index (Phi) is 10.0. The normalized spacial score (nSPS) is 13.8. The molecule has 0 amide bonds. The van der Waals surface area contributed by atoms with Crippen LogP contribution in [0.15, 0.2) is 0 Å². The molecular formula is C24H54O6Si6. The van der Waals surface area contributed by atoms with E-state index in [1.54, 1.807) is 0 Å². The van der Waals surface area contributed by atoms with Gasteiger partial charge in [-0.15, -0.1) is 0 Å². The minimum atomic E-state index is -2.09. The highest BCUT2D eigenvalue weighted by Crippen LogP contribution is 2.60. The standard InChI is InChI=1S/C24H54O6Si6/c1-31(2,3)25-19-20(26-32(4,5)6)22(28-34(10,11)12)24(30-36(16,17)18)23(29-35(13,14)15)21(19)27-33(7,8)9/h1-18H3. The lowest BCUT2D eigenvalue weighted by Crippen LogP contribution is -2.38. The molecule has 1 aromatic carbocycles. The van der Waals surface area contributed by atoms with Gasteiger partial charge in [0, 0.05) is 0 Å². The molecule has 0 saturated carbocycles. The van der Waals surface area contributed by atoms with Crippen LogP contribution in [0.2, 0.25) is 118 Å². The zero-order valence-electron chi connectivity index (χ0n) is 26.4. The van der Waals surface area contributed by atoms with Gasteiger partial charge in [-0.1, -0.05) is 0 Å². The maximum atomic E-state index is 6.81. The maximum Gasteiger partial charge on any atom is 0.242 e. The van der Waals surface area contributed by atoms with Crippen molar-refractivity contribution in [2.75, 3.05) is 0 Å². The smallest absolute Gasteiger partial charge is 0.242 e. The quantitative estimate of drug-likeness (QED) is 0.221. The zero-order valence-corrected chi connectivity index (χ0v) is 32.4. The fourth-order valence-corrected chi connectivity index (χ4v) is 7.80. The van der Waals surface area contributed by atoms with Gasteiger partial charge in [-0.3, -0.25) is 0 Å². The average Bonchev–Trinajstić information content (AvgIpc) is 2.51. The van der Waals surface area contributed by atoms with Gasteiger partial charge in [-0.2, -0.15) is 0 Å². The summed E-state index contributed by atoms with van der Waals surface area (Å²) < 4.78 is 40.9. The first-order valence-electron chi connectivity index (χ1n) is 12.9. The molecule has 0 fully saturated rings.